The SMILES string of the molecule is C/C=C/CC(NC(=O)c1nnn(-c2cccc(Cl)c2)c1CCC)C(=O)O. The minimum Gasteiger partial charge on any atom is -0.480 e. The number of carbonyl (C=O) groups is 2. The molecule has 2 aromatic rings. The number of hydrogen-bond donors (Lipinski definition) is 2. The topological polar surface area (TPSA) is 97.1 Å². The molecule has 0 aliphatic rings. The van der Waals surface area contributed by atoms with Crippen LogP contribution in [0, 0.1) is 0 Å². The summed E-state index contributed by atoms with van der Waals surface area (Å²) in [5, 5.41) is 20.4. The predicted molar refractivity (Wildman–Crippen MR) is 98.7 cm³/mol. The Bertz CT molecular complexity index is 817. The van der Waals surface area contributed by atoms with E-state index in [2.05, 4.69) is 15.6 Å². The molecule has 0 saturated heterocycles. The molecule has 1 heterocycles. The van der Waals surface area contributed by atoms with E-state index in [1.807, 2.05) is 13.0 Å². The van der Waals surface area contributed by atoms with Crippen molar-refractivity contribution in [1.82, 2.24) is 20.3 Å². The molecule has 0 bridgehead atoms. The summed E-state index contributed by atoms with van der Waals surface area (Å²) in [6, 6.07) is 6.04. The lowest BCUT2D eigenvalue weighted by molar-refractivity contribution is -0.139. The molecule has 8 heteroatoms. The van der Waals surface area contributed by atoms with E-state index in [1.54, 1.807) is 42.0 Å². The molecule has 0 aliphatic carbocycles. The molecule has 1 unspecified atom stereocenters. The normalized spacial score (nSPS) is 12.3. The molecular weight excluding hydrogens is 356 g/mol. The summed E-state index contributed by atoms with van der Waals surface area (Å²) >= 11 is 6.03. The van der Waals surface area contributed by atoms with Crippen molar-refractivity contribution in [3.05, 3.63) is 52.8 Å². The number of rotatable bonds is 8. The van der Waals surface area contributed by atoms with Crippen molar-refractivity contribution < 1.29 is 14.7 Å². The number of hydrogen-bond acceptors (Lipinski definition) is 4. The smallest absolute Gasteiger partial charge is 0.326 e. The highest BCUT2D eigenvalue weighted by Gasteiger charge is 2.25. The van der Waals surface area contributed by atoms with E-state index >= 15 is 0 Å². The van der Waals surface area contributed by atoms with Gasteiger partial charge in [0, 0.05) is 5.02 Å². The van der Waals surface area contributed by atoms with E-state index in [0.717, 1.165) is 6.42 Å². The van der Waals surface area contributed by atoms with Crippen LogP contribution in [0.15, 0.2) is 36.4 Å². The molecule has 1 aromatic carbocycles. The second-order valence-corrected chi connectivity index (χ2v) is 6.13. The van der Waals surface area contributed by atoms with Crippen LogP contribution in [0.4, 0.5) is 0 Å². The van der Waals surface area contributed by atoms with Crippen LogP contribution in [0.1, 0.15) is 42.9 Å². The van der Waals surface area contributed by atoms with Gasteiger partial charge in [0.1, 0.15) is 6.04 Å². The molecule has 138 valence electrons. The number of carboxylic acid groups (broad SMARTS) is 1. The van der Waals surface area contributed by atoms with Crippen molar-refractivity contribution in [3.63, 3.8) is 0 Å². The lowest BCUT2D eigenvalue weighted by atomic mass is 10.1. The number of carbonyl (C=O) groups excluding carboxylic acids is 1. The highest BCUT2D eigenvalue weighted by Crippen LogP contribution is 2.18. The summed E-state index contributed by atoms with van der Waals surface area (Å²) in [7, 11) is 0. The van der Waals surface area contributed by atoms with Gasteiger partial charge in [0.15, 0.2) is 5.69 Å². The Hall–Kier alpha value is -2.67. The van der Waals surface area contributed by atoms with E-state index < -0.39 is 17.9 Å². The number of benzene rings is 1. The summed E-state index contributed by atoms with van der Waals surface area (Å²) in [5.41, 5.74) is 1.43. The van der Waals surface area contributed by atoms with Gasteiger partial charge in [-0.1, -0.05) is 48.4 Å². The van der Waals surface area contributed by atoms with Crippen LogP contribution in [0.3, 0.4) is 0 Å². The van der Waals surface area contributed by atoms with Crippen molar-refractivity contribution in [2.75, 3.05) is 0 Å². The summed E-state index contributed by atoms with van der Waals surface area (Å²) in [6.45, 7) is 3.76. The summed E-state index contributed by atoms with van der Waals surface area (Å²) in [4.78, 5) is 23.9. The maximum atomic E-state index is 12.6. The molecule has 0 radical (unpaired) electrons. The molecule has 1 atom stereocenters. The fourth-order valence-corrected chi connectivity index (χ4v) is 2.66. The molecule has 0 spiro atoms. The Morgan fingerprint density at radius 2 is 2.19 bits per heavy atom. The third-order valence-electron chi connectivity index (χ3n) is 3.73. The van der Waals surface area contributed by atoms with Crippen LogP contribution in [0.2, 0.25) is 5.02 Å². The molecule has 2 rings (SSSR count). The highest BCUT2D eigenvalue weighted by atomic mass is 35.5. The second-order valence-electron chi connectivity index (χ2n) is 5.70. The first kappa shape index (κ1) is 19.7. The number of nitrogens with one attached hydrogen (secondary N) is 1. The van der Waals surface area contributed by atoms with Crippen LogP contribution < -0.4 is 5.32 Å². The van der Waals surface area contributed by atoms with E-state index in [4.69, 9.17) is 11.6 Å². The molecule has 1 amide bonds. The minimum absolute atomic E-state index is 0.124. The van der Waals surface area contributed by atoms with Crippen LogP contribution in [0.5, 0.6) is 0 Å². The number of allylic oxidation sites excluding steroid dienone is 1. The van der Waals surface area contributed by atoms with Gasteiger partial charge in [0.2, 0.25) is 0 Å². The monoisotopic (exact) mass is 376 g/mol. The van der Waals surface area contributed by atoms with Gasteiger partial charge in [-0.25, -0.2) is 9.48 Å². The molecule has 1 aromatic heterocycles. The third-order valence-corrected chi connectivity index (χ3v) is 3.96. The van der Waals surface area contributed by atoms with Gasteiger partial charge < -0.3 is 10.4 Å². The number of aliphatic carboxylic acids is 1. The highest BCUT2D eigenvalue weighted by molar-refractivity contribution is 6.30. The number of carboxylic acids is 1. The van der Waals surface area contributed by atoms with Crippen molar-refractivity contribution in [3.8, 4) is 5.69 Å². The fraction of sp³-hybridized carbons (Fsp3) is 0.333. The van der Waals surface area contributed by atoms with Crippen molar-refractivity contribution >= 4 is 23.5 Å². The van der Waals surface area contributed by atoms with Crippen LogP contribution in [0.25, 0.3) is 5.69 Å². The van der Waals surface area contributed by atoms with E-state index in [-0.39, 0.29) is 12.1 Å². The first-order chi connectivity index (χ1) is 12.5. The Morgan fingerprint density at radius 1 is 1.42 bits per heavy atom. The average molecular weight is 377 g/mol. The maximum absolute atomic E-state index is 12.6. The van der Waals surface area contributed by atoms with Crippen molar-refractivity contribution in [2.24, 2.45) is 0 Å². The van der Waals surface area contributed by atoms with Crippen LogP contribution >= 0.6 is 11.6 Å². The Balaban J connectivity index is 2.33. The van der Waals surface area contributed by atoms with Crippen molar-refractivity contribution in [1.29, 1.82) is 0 Å². The van der Waals surface area contributed by atoms with E-state index in [0.29, 0.717) is 22.8 Å². The van der Waals surface area contributed by atoms with Gasteiger partial charge in [0.25, 0.3) is 5.91 Å². The van der Waals surface area contributed by atoms with Gasteiger partial charge in [0.05, 0.1) is 11.4 Å². The maximum Gasteiger partial charge on any atom is 0.326 e. The molecule has 0 saturated carbocycles. The number of halogens is 1. The Kier molecular flexibility index (Phi) is 6.91. The van der Waals surface area contributed by atoms with E-state index in [9.17, 15) is 14.7 Å². The first-order valence-electron chi connectivity index (χ1n) is 8.33. The fourth-order valence-electron chi connectivity index (χ4n) is 2.47. The minimum atomic E-state index is -1.10. The number of amides is 1. The number of nitrogens with zero attached hydrogens (tertiary/aromatic N) is 3. The first-order valence-corrected chi connectivity index (χ1v) is 8.71. The van der Waals surface area contributed by atoms with Gasteiger partial charge in [-0.05, 0) is 38.0 Å². The molecule has 0 fully saturated rings. The summed E-state index contributed by atoms with van der Waals surface area (Å²) in [6.07, 6.45) is 4.96. The lowest BCUT2D eigenvalue weighted by Gasteiger charge is -2.12. The molecule has 7 nitrogen and oxygen atoms in total. The Morgan fingerprint density at radius 3 is 2.81 bits per heavy atom. The van der Waals surface area contributed by atoms with Crippen LogP contribution in [-0.4, -0.2) is 38.0 Å². The average Bonchev–Trinajstić information content (AvgIpc) is 3.02. The van der Waals surface area contributed by atoms with E-state index in [1.165, 1.54) is 0 Å². The largest absolute Gasteiger partial charge is 0.480 e. The van der Waals surface area contributed by atoms with Gasteiger partial charge in [-0.3, -0.25) is 4.79 Å². The lowest BCUT2D eigenvalue weighted by Crippen LogP contribution is -2.41. The van der Waals surface area contributed by atoms with Crippen LogP contribution in [-0.2, 0) is 11.2 Å². The Labute approximate surface area is 156 Å². The molecule has 0 aliphatic heterocycles. The summed E-state index contributed by atoms with van der Waals surface area (Å²) in [5.74, 6) is -1.66. The molecular formula is C18H21ClN4O3. The van der Waals surface area contributed by atoms with Gasteiger partial charge in [-0.2, -0.15) is 0 Å². The third kappa shape index (κ3) is 4.70. The quantitative estimate of drug-likeness (QED) is 0.690. The number of aromatic nitrogens is 3. The predicted octanol–water partition coefficient (Wildman–Crippen LogP) is 3.02. The van der Waals surface area contributed by atoms with Crippen molar-refractivity contribution in [2.45, 2.75) is 39.2 Å². The van der Waals surface area contributed by atoms with Gasteiger partial charge in [-0.15, -0.1) is 5.10 Å². The molecule has 2 N–H and O–H groups in total. The molecule has 26 heavy (non-hydrogen) atoms. The summed E-state index contributed by atoms with van der Waals surface area (Å²) < 4.78 is 1.56. The standard InChI is InChI=1S/C18H21ClN4O3/c1-3-5-10-14(18(25)26)20-17(24)16-15(7-4-2)23(22-21-16)13-9-6-8-12(19)11-13/h3,5-6,8-9,11,14H,4,7,10H2,1-2H3,(H,20,24)(H,25,26)/b5-3+. The zero-order chi connectivity index (χ0) is 19.1. The van der Waals surface area contributed by atoms with Gasteiger partial charge >= 0.3 is 5.97 Å². The zero-order valence-electron chi connectivity index (χ0n) is 14.6. The second kappa shape index (κ2) is 9.15. The zero-order valence-corrected chi connectivity index (χ0v) is 15.4.